The number of halogens is 1. The molecule has 0 atom stereocenters. The van der Waals surface area contributed by atoms with Crippen molar-refractivity contribution < 1.29 is 14.3 Å². The lowest BCUT2D eigenvalue weighted by molar-refractivity contribution is -0.163. The van der Waals surface area contributed by atoms with Crippen molar-refractivity contribution in [3.63, 3.8) is 0 Å². The summed E-state index contributed by atoms with van der Waals surface area (Å²) in [6, 6.07) is 7.84. The molecule has 28 heavy (non-hydrogen) atoms. The third-order valence-electron chi connectivity index (χ3n) is 5.32. The summed E-state index contributed by atoms with van der Waals surface area (Å²) in [5.74, 6) is 0.0961. The zero-order chi connectivity index (χ0) is 20.7. The first kappa shape index (κ1) is 20.9. The number of piperazine rings is 1. The van der Waals surface area contributed by atoms with Gasteiger partial charge in [0.05, 0.1) is 25.2 Å². The molecule has 0 N–H and O–H groups in total. The van der Waals surface area contributed by atoms with E-state index in [1.54, 1.807) is 4.90 Å². The number of hydrogen-bond donors (Lipinski definition) is 0. The third-order valence-corrected chi connectivity index (χ3v) is 5.57. The van der Waals surface area contributed by atoms with Gasteiger partial charge in [-0.15, -0.1) is 0 Å². The topological polar surface area (TPSA) is 53.1 Å². The summed E-state index contributed by atoms with van der Waals surface area (Å²) in [6.45, 7) is 12.4. The Bertz CT molecular complexity index is 736. The Balaban J connectivity index is 1.78. The monoisotopic (exact) mass is 407 g/mol. The van der Waals surface area contributed by atoms with Gasteiger partial charge in [0.1, 0.15) is 5.60 Å². The summed E-state index contributed by atoms with van der Waals surface area (Å²) < 4.78 is 5.50. The molecule has 0 radical (unpaired) electrons. The summed E-state index contributed by atoms with van der Waals surface area (Å²) in [5, 5.41) is 0.675. The molecular weight excluding hydrogens is 378 g/mol. The molecule has 2 heterocycles. The molecule has 1 aromatic rings. The zero-order valence-corrected chi connectivity index (χ0v) is 18.1. The van der Waals surface area contributed by atoms with Gasteiger partial charge >= 0.3 is 6.09 Å². The predicted molar refractivity (Wildman–Crippen MR) is 109 cm³/mol. The van der Waals surface area contributed by atoms with Gasteiger partial charge in [-0.3, -0.25) is 9.69 Å². The molecule has 0 bridgehead atoms. The molecule has 0 saturated carbocycles. The first-order valence-electron chi connectivity index (χ1n) is 9.76. The van der Waals surface area contributed by atoms with Crippen LogP contribution in [-0.2, 0) is 16.1 Å². The van der Waals surface area contributed by atoms with Crippen LogP contribution < -0.4 is 0 Å². The standard InChI is InChI=1S/C21H30ClN3O3/c1-15(2)23-11-18(26)25(10-16-6-8-17(22)9-7-16)21(12-23)13-24(14-21)19(27)28-20(3,4)5/h6-9,15H,10-14H2,1-5H3. The summed E-state index contributed by atoms with van der Waals surface area (Å²) in [5.41, 5.74) is 0.122. The SMILES string of the molecule is CC(C)N1CC(=O)N(Cc2ccc(Cl)cc2)C2(CN(C(=O)OC(C)(C)C)C2)C1. The average molecular weight is 408 g/mol. The fourth-order valence-electron chi connectivity index (χ4n) is 3.83. The lowest BCUT2D eigenvalue weighted by Gasteiger charge is -2.59. The van der Waals surface area contributed by atoms with E-state index in [4.69, 9.17) is 16.3 Å². The Morgan fingerprint density at radius 1 is 1.18 bits per heavy atom. The summed E-state index contributed by atoms with van der Waals surface area (Å²) in [7, 11) is 0. The first-order valence-corrected chi connectivity index (χ1v) is 10.1. The highest BCUT2D eigenvalue weighted by molar-refractivity contribution is 6.30. The number of hydrogen-bond acceptors (Lipinski definition) is 4. The Morgan fingerprint density at radius 3 is 2.32 bits per heavy atom. The minimum absolute atomic E-state index is 0.0961. The van der Waals surface area contributed by atoms with Crippen LogP contribution in [0.15, 0.2) is 24.3 Å². The lowest BCUT2D eigenvalue weighted by Crippen LogP contribution is -2.79. The van der Waals surface area contributed by atoms with Crippen molar-refractivity contribution in [2.24, 2.45) is 0 Å². The van der Waals surface area contributed by atoms with Gasteiger partial charge in [-0.2, -0.15) is 0 Å². The van der Waals surface area contributed by atoms with Gasteiger partial charge in [0, 0.05) is 24.2 Å². The van der Waals surface area contributed by atoms with E-state index in [9.17, 15) is 9.59 Å². The number of ether oxygens (including phenoxy) is 1. The van der Waals surface area contributed by atoms with Crippen molar-refractivity contribution in [2.45, 2.75) is 58.3 Å². The molecule has 2 fully saturated rings. The van der Waals surface area contributed by atoms with Crippen molar-refractivity contribution in [2.75, 3.05) is 26.2 Å². The van der Waals surface area contributed by atoms with Crippen molar-refractivity contribution >= 4 is 23.6 Å². The van der Waals surface area contributed by atoms with Crippen molar-refractivity contribution in [1.82, 2.24) is 14.7 Å². The van der Waals surface area contributed by atoms with Crippen LogP contribution in [0.4, 0.5) is 4.79 Å². The molecule has 2 saturated heterocycles. The van der Waals surface area contributed by atoms with Crippen molar-refractivity contribution in [1.29, 1.82) is 0 Å². The molecule has 1 spiro atoms. The number of rotatable bonds is 3. The average Bonchev–Trinajstić information content (AvgIpc) is 2.54. The highest BCUT2D eigenvalue weighted by Crippen LogP contribution is 2.35. The quantitative estimate of drug-likeness (QED) is 0.770. The Morgan fingerprint density at radius 2 is 1.79 bits per heavy atom. The van der Waals surface area contributed by atoms with E-state index in [0.717, 1.165) is 12.1 Å². The normalized spacial score (nSPS) is 19.9. The fraction of sp³-hybridized carbons (Fsp3) is 0.619. The van der Waals surface area contributed by atoms with Crippen LogP contribution in [0.1, 0.15) is 40.2 Å². The summed E-state index contributed by atoms with van der Waals surface area (Å²) in [6.07, 6.45) is -0.321. The van der Waals surface area contributed by atoms with E-state index in [-0.39, 0.29) is 23.6 Å². The molecule has 2 aliphatic rings. The molecule has 0 aromatic heterocycles. The predicted octanol–water partition coefficient (Wildman–Crippen LogP) is 3.38. The van der Waals surface area contributed by atoms with Gasteiger partial charge in [-0.1, -0.05) is 23.7 Å². The van der Waals surface area contributed by atoms with E-state index in [1.807, 2.05) is 49.9 Å². The maximum Gasteiger partial charge on any atom is 0.410 e. The van der Waals surface area contributed by atoms with Gasteiger partial charge in [0.15, 0.2) is 0 Å². The number of nitrogens with zero attached hydrogens (tertiary/aromatic N) is 3. The highest BCUT2D eigenvalue weighted by atomic mass is 35.5. The molecular formula is C21H30ClN3O3. The summed E-state index contributed by atoms with van der Waals surface area (Å²) >= 11 is 5.99. The number of amides is 2. The van der Waals surface area contributed by atoms with Crippen molar-refractivity contribution in [3.8, 4) is 0 Å². The van der Waals surface area contributed by atoms with Crippen LogP contribution in [0.5, 0.6) is 0 Å². The van der Waals surface area contributed by atoms with E-state index < -0.39 is 5.60 Å². The second-order valence-corrected chi connectivity index (χ2v) is 9.60. The molecule has 154 valence electrons. The smallest absolute Gasteiger partial charge is 0.410 e. The van der Waals surface area contributed by atoms with Crippen LogP contribution in [0.2, 0.25) is 5.02 Å². The molecule has 0 aliphatic carbocycles. The minimum atomic E-state index is -0.533. The van der Waals surface area contributed by atoms with Crippen LogP contribution in [0, 0.1) is 0 Å². The maximum absolute atomic E-state index is 13.0. The highest BCUT2D eigenvalue weighted by Gasteiger charge is 2.55. The molecule has 1 aromatic carbocycles. The molecule has 0 unspecified atom stereocenters. The van der Waals surface area contributed by atoms with E-state index in [2.05, 4.69) is 18.7 Å². The van der Waals surface area contributed by atoms with Crippen LogP contribution in [0.25, 0.3) is 0 Å². The third kappa shape index (κ3) is 4.44. The van der Waals surface area contributed by atoms with E-state index in [0.29, 0.717) is 31.2 Å². The van der Waals surface area contributed by atoms with Gasteiger partial charge < -0.3 is 14.5 Å². The minimum Gasteiger partial charge on any atom is -0.444 e. The van der Waals surface area contributed by atoms with Crippen molar-refractivity contribution in [3.05, 3.63) is 34.9 Å². The van der Waals surface area contributed by atoms with Gasteiger partial charge in [0.2, 0.25) is 5.91 Å². The van der Waals surface area contributed by atoms with E-state index in [1.165, 1.54) is 0 Å². The molecule has 2 aliphatic heterocycles. The Labute approximate surface area is 172 Å². The van der Waals surface area contributed by atoms with Gasteiger partial charge in [-0.05, 0) is 52.3 Å². The zero-order valence-electron chi connectivity index (χ0n) is 17.4. The molecule has 3 rings (SSSR count). The maximum atomic E-state index is 13.0. The first-order chi connectivity index (χ1) is 13.0. The number of likely N-dealkylation sites (tertiary alicyclic amines) is 1. The Hall–Kier alpha value is -1.79. The van der Waals surface area contributed by atoms with E-state index >= 15 is 0 Å². The molecule has 2 amide bonds. The van der Waals surface area contributed by atoms with Gasteiger partial charge in [-0.25, -0.2) is 4.79 Å². The van der Waals surface area contributed by atoms with Crippen LogP contribution in [-0.4, -0.2) is 70.1 Å². The number of carbonyl (C=O) groups excluding carboxylic acids is 2. The van der Waals surface area contributed by atoms with Crippen LogP contribution >= 0.6 is 11.6 Å². The summed E-state index contributed by atoms with van der Waals surface area (Å²) in [4.78, 5) is 31.3. The number of benzene rings is 1. The fourth-order valence-corrected chi connectivity index (χ4v) is 3.95. The molecule has 6 nitrogen and oxygen atoms in total. The number of carbonyl (C=O) groups is 2. The second kappa shape index (κ2) is 7.56. The lowest BCUT2D eigenvalue weighted by atomic mass is 9.84. The second-order valence-electron chi connectivity index (χ2n) is 9.17. The van der Waals surface area contributed by atoms with Gasteiger partial charge in [0.25, 0.3) is 0 Å². The molecule has 7 heteroatoms. The Kier molecular flexibility index (Phi) is 5.65. The van der Waals surface area contributed by atoms with Crippen LogP contribution in [0.3, 0.4) is 0 Å². The largest absolute Gasteiger partial charge is 0.444 e.